The predicted octanol–water partition coefficient (Wildman–Crippen LogP) is 1.21. The van der Waals surface area contributed by atoms with Crippen molar-refractivity contribution in [1.29, 1.82) is 0 Å². The van der Waals surface area contributed by atoms with Gasteiger partial charge in [-0.05, 0) is 0 Å². The second-order valence-electron chi connectivity index (χ2n) is 1.01. The maximum atomic E-state index is 11.2. The molecular weight excluding hydrogens is 158 g/mol. The van der Waals surface area contributed by atoms with Gasteiger partial charge in [-0.25, -0.2) is 0 Å². The molecule has 0 N–H and O–H groups in total. The number of rotatable bonds is 0. The van der Waals surface area contributed by atoms with E-state index >= 15 is 0 Å². The average Bonchev–Trinajstić information content (AvgIpc) is 0.811. The molecule has 0 spiro atoms. The van der Waals surface area contributed by atoms with Crippen molar-refractivity contribution < 1.29 is 2.66 Å². The summed E-state index contributed by atoms with van der Waals surface area (Å²) in [6.45, 7) is 0. The topological polar surface area (TPSA) is 0 Å². The van der Waals surface area contributed by atoms with Gasteiger partial charge in [0.2, 0.25) is 0 Å². The van der Waals surface area contributed by atoms with Crippen LogP contribution in [-0.4, -0.2) is 22.0 Å². The molecule has 24 valence electrons. The fourth-order valence-electron chi connectivity index (χ4n) is 0. The normalized spacial score (nSPS) is 6.75. The van der Waals surface area contributed by atoms with Crippen LogP contribution in [0.5, 0.6) is 0 Å². The van der Waals surface area contributed by atoms with Crippen LogP contribution >= 0.6 is 0 Å². The molecule has 0 aliphatic carbocycles. The first kappa shape index (κ1) is 4.80. The average molecular weight is 164 g/mol. The molecule has 0 heterocycles. The van der Waals surface area contributed by atoms with Crippen molar-refractivity contribution in [2.45, 2.75) is 9.36 Å². The Labute approximate surface area is 34.4 Å². The van der Waals surface area contributed by atoms with Crippen molar-refractivity contribution in [2.75, 3.05) is 0 Å². The molecular formula is C2H6FIn. The zero-order valence-corrected chi connectivity index (χ0v) is 6.25. The van der Waals surface area contributed by atoms with Crippen molar-refractivity contribution in [3.8, 4) is 0 Å². The van der Waals surface area contributed by atoms with E-state index in [2.05, 4.69) is 0 Å². The van der Waals surface area contributed by atoms with Crippen LogP contribution in [0, 0.1) is 0 Å². The Morgan fingerprint density at radius 1 is 1.50 bits per heavy atom. The molecule has 0 nitrogen and oxygen atoms in total. The molecule has 0 bridgehead atoms. The van der Waals surface area contributed by atoms with E-state index in [4.69, 9.17) is 0 Å². The molecule has 0 radical (unpaired) electrons. The van der Waals surface area contributed by atoms with Crippen molar-refractivity contribution in [1.82, 2.24) is 0 Å². The van der Waals surface area contributed by atoms with E-state index in [1.54, 1.807) is 9.36 Å². The second-order valence-corrected chi connectivity index (χ2v) is 6.80. The molecule has 0 saturated heterocycles. The van der Waals surface area contributed by atoms with E-state index in [1.165, 1.54) is 0 Å². The molecule has 0 saturated carbocycles. The van der Waals surface area contributed by atoms with Gasteiger partial charge in [-0.15, -0.1) is 0 Å². The Kier molecular flexibility index (Phi) is 2.48. The summed E-state index contributed by atoms with van der Waals surface area (Å²) in [7, 11) is 0. The van der Waals surface area contributed by atoms with E-state index in [0.29, 0.717) is 0 Å². The van der Waals surface area contributed by atoms with E-state index in [1.807, 2.05) is 0 Å². The monoisotopic (exact) mass is 164 g/mol. The van der Waals surface area contributed by atoms with Crippen LogP contribution in [-0.2, 0) is 0 Å². The van der Waals surface area contributed by atoms with Crippen LogP contribution < -0.4 is 0 Å². The predicted molar refractivity (Wildman–Crippen MR) is 18.6 cm³/mol. The summed E-state index contributed by atoms with van der Waals surface area (Å²) >= 11 is -2.14. The molecule has 0 atom stereocenters. The first-order valence-electron chi connectivity index (χ1n) is 1.37. The molecule has 2 heteroatoms. The van der Waals surface area contributed by atoms with E-state index < -0.39 is 22.0 Å². The van der Waals surface area contributed by atoms with Gasteiger partial charge in [0.15, 0.2) is 0 Å². The van der Waals surface area contributed by atoms with Gasteiger partial charge in [-0.3, -0.25) is 0 Å². The quantitative estimate of drug-likeness (QED) is 0.504. The zero-order chi connectivity index (χ0) is 3.58. The maximum absolute atomic E-state index is 11.2. The number of halogens is 1. The van der Waals surface area contributed by atoms with Crippen LogP contribution in [0.15, 0.2) is 0 Å². The van der Waals surface area contributed by atoms with Crippen LogP contribution in [0.4, 0.5) is 2.66 Å². The summed E-state index contributed by atoms with van der Waals surface area (Å²) in [6.07, 6.45) is 0. The van der Waals surface area contributed by atoms with Crippen LogP contribution in [0.1, 0.15) is 0 Å². The summed E-state index contributed by atoms with van der Waals surface area (Å²) in [6, 6.07) is 0. The van der Waals surface area contributed by atoms with Crippen molar-refractivity contribution in [2.24, 2.45) is 0 Å². The second kappa shape index (κ2) is 2.06. The SMILES string of the molecule is [CH3][In]([CH3])[F]. The summed E-state index contributed by atoms with van der Waals surface area (Å²) < 4.78 is 14.6. The molecule has 0 unspecified atom stereocenters. The van der Waals surface area contributed by atoms with Crippen LogP contribution in [0.2, 0.25) is 9.36 Å². The van der Waals surface area contributed by atoms with Crippen molar-refractivity contribution in [3.05, 3.63) is 0 Å². The molecule has 0 aromatic heterocycles. The van der Waals surface area contributed by atoms with E-state index in [9.17, 15) is 2.66 Å². The number of hydrogen-bond donors (Lipinski definition) is 0. The van der Waals surface area contributed by atoms with E-state index in [-0.39, 0.29) is 0 Å². The summed E-state index contributed by atoms with van der Waals surface area (Å²) in [5.41, 5.74) is 0. The van der Waals surface area contributed by atoms with Gasteiger partial charge in [0.05, 0.1) is 0 Å². The van der Waals surface area contributed by atoms with Gasteiger partial charge in [0, 0.05) is 0 Å². The first-order valence-corrected chi connectivity index (χ1v) is 9.21. The Morgan fingerprint density at radius 2 is 1.50 bits per heavy atom. The Hall–Kier alpha value is 0.800. The Balaban J connectivity index is 2.32. The van der Waals surface area contributed by atoms with Gasteiger partial charge >= 0.3 is 34.1 Å². The minimum absolute atomic E-state index is 1.71. The van der Waals surface area contributed by atoms with Gasteiger partial charge < -0.3 is 0 Å². The van der Waals surface area contributed by atoms with Gasteiger partial charge in [0.1, 0.15) is 0 Å². The Bertz CT molecular complexity index is 10.8. The van der Waals surface area contributed by atoms with Crippen LogP contribution in [0.3, 0.4) is 0 Å². The molecule has 0 aliphatic rings. The molecule has 0 fully saturated rings. The van der Waals surface area contributed by atoms with Crippen molar-refractivity contribution >= 4 is 22.0 Å². The Morgan fingerprint density at radius 3 is 1.50 bits per heavy atom. The number of hydrogen-bond acceptors (Lipinski definition) is 0. The van der Waals surface area contributed by atoms with Gasteiger partial charge in [-0.2, -0.15) is 0 Å². The van der Waals surface area contributed by atoms with Crippen LogP contribution in [0.25, 0.3) is 0 Å². The van der Waals surface area contributed by atoms with Gasteiger partial charge in [-0.1, -0.05) is 0 Å². The molecule has 0 aliphatic heterocycles. The summed E-state index contributed by atoms with van der Waals surface area (Å²) in [4.78, 5) is 0. The molecule has 0 aromatic carbocycles. The third-order valence-electron chi connectivity index (χ3n) is 0. The molecule has 0 amide bonds. The molecule has 0 rings (SSSR count). The minimum atomic E-state index is -2.14. The fourth-order valence-corrected chi connectivity index (χ4v) is 0. The molecule has 4 heavy (non-hydrogen) atoms. The third-order valence-corrected chi connectivity index (χ3v) is 0. The zero-order valence-electron chi connectivity index (χ0n) is 2.96. The van der Waals surface area contributed by atoms with Gasteiger partial charge in [0.25, 0.3) is 0 Å². The fraction of sp³-hybridized carbons (Fsp3) is 1.00. The van der Waals surface area contributed by atoms with Crippen molar-refractivity contribution in [3.63, 3.8) is 0 Å². The standard InChI is InChI=1S/2CH3.FH.In/h2*1H3;1H;/q;;;+1/p-1. The molecule has 0 aromatic rings. The first-order chi connectivity index (χ1) is 1.73. The summed E-state index contributed by atoms with van der Waals surface area (Å²) in [5, 5.41) is 0. The summed E-state index contributed by atoms with van der Waals surface area (Å²) in [5.74, 6) is 0. The third kappa shape index (κ3) is 14.2. The van der Waals surface area contributed by atoms with E-state index in [0.717, 1.165) is 0 Å².